The fraction of sp³-hybridized carbons (Fsp3) is 0.818. The summed E-state index contributed by atoms with van der Waals surface area (Å²) in [5.74, 6) is 0. The number of hydrogen-bond donors (Lipinski definition) is 1. The molecule has 13 heavy (non-hydrogen) atoms. The summed E-state index contributed by atoms with van der Waals surface area (Å²) in [4.78, 5) is 0.0984. The molecule has 2 heteroatoms. The molecule has 0 aromatic rings. The highest BCUT2D eigenvalue weighted by molar-refractivity contribution is 6.26. The van der Waals surface area contributed by atoms with E-state index in [4.69, 9.17) is 11.6 Å². The van der Waals surface area contributed by atoms with Gasteiger partial charge in [-0.15, -0.1) is 11.6 Å². The molecule has 0 heterocycles. The Morgan fingerprint density at radius 2 is 2.23 bits per heavy atom. The minimum atomic E-state index is 0.0984. The molecule has 1 nitrogen and oxygen atoms in total. The van der Waals surface area contributed by atoms with Crippen molar-refractivity contribution in [1.82, 2.24) is 5.32 Å². The van der Waals surface area contributed by atoms with E-state index in [9.17, 15) is 0 Å². The molecular formula is C11H18ClN. The maximum Gasteiger partial charge on any atom is 0.0598 e. The number of hydrogen-bond acceptors (Lipinski definition) is 1. The molecule has 0 aromatic carbocycles. The Hall–Kier alpha value is -0.0100. The number of rotatable bonds is 3. The monoisotopic (exact) mass is 199 g/mol. The summed E-state index contributed by atoms with van der Waals surface area (Å²) in [7, 11) is 0. The molecule has 2 aliphatic rings. The largest absolute Gasteiger partial charge is 0.309 e. The van der Waals surface area contributed by atoms with Crippen LogP contribution in [0.5, 0.6) is 0 Å². The van der Waals surface area contributed by atoms with Crippen LogP contribution in [-0.2, 0) is 0 Å². The molecule has 0 bridgehead atoms. The quantitative estimate of drug-likeness (QED) is 0.545. The summed E-state index contributed by atoms with van der Waals surface area (Å²) in [6, 6.07) is 1.14. The van der Waals surface area contributed by atoms with Gasteiger partial charge in [-0.2, -0.15) is 0 Å². The van der Waals surface area contributed by atoms with Crippen LogP contribution in [-0.4, -0.2) is 17.0 Å². The van der Waals surface area contributed by atoms with Crippen molar-refractivity contribution in [3.8, 4) is 0 Å². The van der Waals surface area contributed by atoms with Gasteiger partial charge in [0.2, 0.25) is 0 Å². The lowest BCUT2D eigenvalue weighted by atomic mass is 10.0. The molecule has 2 aliphatic carbocycles. The Morgan fingerprint density at radius 3 is 2.77 bits per heavy atom. The Morgan fingerprint density at radius 1 is 1.46 bits per heavy atom. The Kier molecular flexibility index (Phi) is 2.66. The first-order valence-electron chi connectivity index (χ1n) is 5.31. The van der Waals surface area contributed by atoms with E-state index >= 15 is 0 Å². The molecule has 0 amide bonds. The van der Waals surface area contributed by atoms with Crippen molar-refractivity contribution in [2.24, 2.45) is 0 Å². The molecule has 0 saturated heterocycles. The second-order valence-corrected chi connectivity index (χ2v) is 5.16. The lowest BCUT2D eigenvalue weighted by Gasteiger charge is -2.26. The highest BCUT2D eigenvalue weighted by Gasteiger charge is 2.45. The van der Waals surface area contributed by atoms with Crippen LogP contribution >= 0.6 is 11.6 Å². The molecule has 0 aliphatic heterocycles. The standard InChI is InChI=1S/C11H18ClN/c1-9(11(12)7-8-11)13-10-5-3-2-4-6-10/h2-3,9-10,13H,4-8H2,1H3. The summed E-state index contributed by atoms with van der Waals surface area (Å²) in [5, 5.41) is 3.64. The van der Waals surface area contributed by atoms with Crippen molar-refractivity contribution in [3.63, 3.8) is 0 Å². The first-order chi connectivity index (χ1) is 6.21. The molecule has 2 atom stereocenters. The predicted octanol–water partition coefficient (Wildman–Crippen LogP) is 2.84. The van der Waals surface area contributed by atoms with E-state index in [1.807, 2.05) is 0 Å². The minimum absolute atomic E-state index is 0.0984. The highest BCUT2D eigenvalue weighted by atomic mass is 35.5. The van der Waals surface area contributed by atoms with Gasteiger partial charge in [-0.1, -0.05) is 12.2 Å². The maximum absolute atomic E-state index is 6.33. The lowest BCUT2D eigenvalue weighted by Crippen LogP contribution is -2.43. The van der Waals surface area contributed by atoms with Gasteiger partial charge in [0.25, 0.3) is 0 Å². The van der Waals surface area contributed by atoms with Gasteiger partial charge in [0.05, 0.1) is 4.87 Å². The Bertz CT molecular complexity index is 208. The fourth-order valence-corrected chi connectivity index (χ4v) is 2.16. The van der Waals surface area contributed by atoms with Gasteiger partial charge in [-0.3, -0.25) is 0 Å². The van der Waals surface area contributed by atoms with Gasteiger partial charge in [0, 0.05) is 12.1 Å². The molecule has 1 saturated carbocycles. The molecule has 0 radical (unpaired) electrons. The van der Waals surface area contributed by atoms with Crippen LogP contribution in [0.3, 0.4) is 0 Å². The van der Waals surface area contributed by atoms with Gasteiger partial charge < -0.3 is 5.32 Å². The molecule has 0 spiro atoms. The Labute approximate surface area is 85.5 Å². The van der Waals surface area contributed by atoms with Crippen molar-refractivity contribution >= 4 is 11.6 Å². The van der Waals surface area contributed by atoms with E-state index in [1.54, 1.807) is 0 Å². The zero-order valence-corrected chi connectivity index (χ0v) is 8.98. The summed E-state index contributed by atoms with van der Waals surface area (Å²) in [5.41, 5.74) is 0. The van der Waals surface area contributed by atoms with E-state index in [-0.39, 0.29) is 4.87 Å². The smallest absolute Gasteiger partial charge is 0.0598 e. The van der Waals surface area contributed by atoms with Gasteiger partial charge in [0.1, 0.15) is 0 Å². The van der Waals surface area contributed by atoms with Crippen LogP contribution in [0, 0.1) is 0 Å². The lowest BCUT2D eigenvalue weighted by molar-refractivity contribution is 0.403. The third-order valence-corrected chi connectivity index (χ3v) is 3.96. The van der Waals surface area contributed by atoms with Crippen LogP contribution in [0.4, 0.5) is 0 Å². The molecule has 0 aromatic heterocycles. The predicted molar refractivity (Wildman–Crippen MR) is 57.2 cm³/mol. The third kappa shape index (κ3) is 2.26. The normalized spacial score (nSPS) is 32.9. The summed E-state index contributed by atoms with van der Waals surface area (Å²) >= 11 is 6.33. The van der Waals surface area contributed by atoms with Crippen molar-refractivity contribution in [3.05, 3.63) is 12.2 Å². The van der Waals surface area contributed by atoms with E-state index in [0.29, 0.717) is 12.1 Å². The van der Waals surface area contributed by atoms with Crippen molar-refractivity contribution < 1.29 is 0 Å². The average Bonchev–Trinajstić information content (AvgIpc) is 2.87. The summed E-state index contributed by atoms with van der Waals surface area (Å²) in [6.45, 7) is 2.22. The zero-order chi connectivity index (χ0) is 9.31. The third-order valence-electron chi connectivity index (χ3n) is 3.26. The van der Waals surface area contributed by atoms with Crippen molar-refractivity contribution in [1.29, 1.82) is 0 Å². The summed E-state index contributed by atoms with van der Waals surface area (Å²) in [6.07, 6.45) is 10.6. The molecule has 1 fully saturated rings. The maximum atomic E-state index is 6.33. The van der Waals surface area contributed by atoms with Crippen LogP contribution in [0.25, 0.3) is 0 Å². The van der Waals surface area contributed by atoms with Crippen LogP contribution in [0.15, 0.2) is 12.2 Å². The van der Waals surface area contributed by atoms with Crippen LogP contribution < -0.4 is 5.32 Å². The zero-order valence-electron chi connectivity index (χ0n) is 8.22. The van der Waals surface area contributed by atoms with Gasteiger partial charge in [-0.25, -0.2) is 0 Å². The second kappa shape index (κ2) is 3.62. The van der Waals surface area contributed by atoms with Gasteiger partial charge in [0.15, 0.2) is 0 Å². The van der Waals surface area contributed by atoms with E-state index in [0.717, 1.165) is 0 Å². The number of nitrogens with one attached hydrogen (secondary N) is 1. The van der Waals surface area contributed by atoms with Crippen molar-refractivity contribution in [2.75, 3.05) is 0 Å². The van der Waals surface area contributed by atoms with Crippen LogP contribution in [0.1, 0.15) is 39.0 Å². The fourth-order valence-electron chi connectivity index (χ4n) is 2.00. The Balaban J connectivity index is 1.80. The first-order valence-corrected chi connectivity index (χ1v) is 5.68. The van der Waals surface area contributed by atoms with E-state index < -0.39 is 0 Å². The number of alkyl halides is 1. The van der Waals surface area contributed by atoms with Gasteiger partial charge in [-0.05, 0) is 39.0 Å². The molecule has 74 valence electrons. The number of allylic oxidation sites excluding steroid dienone is 1. The number of halogens is 1. The molecule has 2 rings (SSSR count). The minimum Gasteiger partial charge on any atom is -0.309 e. The second-order valence-electron chi connectivity index (χ2n) is 4.40. The van der Waals surface area contributed by atoms with E-state index in [2.05, 4.69) is 24.4 Å². The first kappa shape index (κ1) is 9.54. The van der Waals surface area contributed by atoms with Crippen LogP contribution in [0.2, 0.25) is 0 Å². The molecular weight excluding hydrogens is 182 g/mol. The van der Waals surface area contributed by atoms with Crippen molar-refractivity contribution in [2.45, 2.75) is 56.0 Å². The molecule has 1 N–H and O–H groups in total. The highest BCUT2D eigenvalue weighted by Crippen LogP contribution is 2.45. The van der Waals surface area contributed by atoms with Gasteiger partial charge >= 0.3 is 0 Å². The average molecular weight is 200 g/mol. The van der Waals surface area contributed by atoms with E-state index in [1.165, 1.54) is 32.1 Å². The molecule has 2 unspecified atom stereocenters. The summed E-state index contributed by atoms with van der Waals surface area (Å²) < 4.78 is 0. The SMILES string of the molecule is CC(NC1CC=CCC1)C1(Cl)CC1. The topological polar surface area (TPSA) is 12.0 Å².